The molecule has 0 radical (unpaired) electrons. The second-order valence-electron chi connectivity index (χ2n) is 5.16. The smallest absolute Gasteiger partial charge is 0.286 e. The Balaban J connectivity index is 2.02. The van der Waals surface area contributed by atoms with Crippen molar-refractivity contribution in [3.63, 3.8) is 0 Å². The van der Waals surface area contributed by atoms with Crippen LogP contribution in [0.25, 0.3) is 33.2 Å². The number of hydrogen-bond donors (Lipinski definition) is 0. The highest BCUT2D eigenvalue weighted by Crippen LogP contribution is 2.39. The Morgan fingerprint density at radius 2 is 1.27 bits per heavy atom. The summed E-state index contributed by atoms with van der Waals surface area (Å²) in [5.74, 6) is 0. The van der Waals surface area contributed by atoms with E-state index < -0.39 is 6.01 Å². The van der Waals surface area contributed by atoms with Gasteiger partial charge in [0.2, 0.25) is 0 Å². The highest BCUT2D eigenvalue weighted by atomic mass is 19.1. The molecule has 0 saturated heterocycles. The topological polar surface area (TPSA) is 13.1 Å². The Labute approximate surface area is 127 Å². The number of hydrogen-bond acceptors (Lipinski definition) is 1. The minimum absolute atomic E-state index is 0.523. The lowest BCUT2D eigenvalue weighted by Crippen LogP contribution is -1.86. The molecule has 1 heterocycles. The van der Waals surface area contributed by atoms with Crippen molar-refractivity contribution >= 4 is 11.0 Å². The van der Waals surface area contributed by atoms with Crippen molar-refractivity contribution in [3.05, 3.63) is 84.9 Å². The molecule has 22 heavy (non-hydrogen) atoms. The minimum Gasteiger partial charge on any atom is -0.431 e. The molecule has 0 aliphatic heterocycles. The van der Waals surface area contributed by atoms with Crippen molar-refractivity contribution in [3.8, 4) is 22.3 Å². The monoisotopic (exact) mass is 288 g/mol. The highest BCUT2D eigenvalue weighted by Gasteiger charge is 2.18. The summed E-state index contributed by atoms with van der Waals surface area (Å²) in [6, 6.07) is 24.7. The van der Waals surface area contributed by atoms with Crippen LogP contribution in [-0.4, -0.2) is 0 Å². The molecule has 0 N–H and O–H groups in total. The van der Waals surface area contributed by atoms with E-state index in [4.69, 9.17) is 4.42 Å². The summed E-state index contributed by atoms with van der Waals surface area (Å²) < 4.78 is 19.7. The fourth-order valence-corrected chi connectivity index (χ4v) is 2.84. The van der Waals surface area contributed by atoms with Crippen molar-refractivity contribution in [1.82, 2.24) is 0 Å². The maximum absolute atomic E-state index is 14.4. The van der Waals surface area contributed by atoms with Crippen molar-refractivity contribution in [2.45, 2.75) is 0 Å². The number of halogens is 1. The normalized spacial score (nSPS) is 11.0. The van der Waals surface area contributed by atoms with Gasteiger partial charge in [0.15, 0.2) is 0 Å². The molecule has 0 bridgehead atoms. The van der Waals surface area contributed by atoms with E-state index in [1.807, 2.05) is 72.8 Å². The predicted octanol–water partition coefficient (Wildman–Crippen LogP) is 5.91. The Hall–Kier alpha value is -2.87. The first-order valence-corrected chi connectivity index (χ1v) is 7.16. The van der Waals surface area contributed by atoms with Crippen LogP contribution in [0.5, 0.6) is 0 Å². The summed E-state index contributed by atoms with van der Waals surface area (Å²) >= 11 is 0. The summed E-state index contributed by atoms with van der Waals surface area (Å²) in [7, 11) is 0. The molecule has 3 aromatic carbocycles. The lowest BCUT2D eigenvalue weighted by atomic mass is 9.94. The van der Waals surface area contributed by atoms with E-state index in [9.17, 15) is 4.39 Å². The first-order chi connectivity index (χ1) is 10.8. The van der Waals surface area contributed by atoms with Crippen LogP contribution in [0.2, 0.25) is 0 Å². The minimum atomic E-state index is -0.537. The van der Waals surface area contributed by atoms with Gasteiger partial charge in [0, 0.05) is 5.39 Å². The summed E-state index contributed by atoms with van der Waals surface area (Å²) in [4.78, 5) is 0. The van der Waals surface area contributed by atoms with Gasteiger partial charge < -0.3 is 4.42 Å². The summed E-state index contributed by atoms with van der Waals surface area (Å²) in [6.45, 7) is 0. The van der Waals surface area contributed by atoms with Gasteiger partial charge in [0.05, 0.1) is 5.56 Å². The number of para-hydroxylation sites is 1. The third-order valence-corrected chi connectivity index (χ3v) is 3.83. The number of fused-ring (bicyclic) bond motifs is 1. The Bertz CT molecular complexity index is 938. The molecule has 0 unspecified atom stereocenters. The average Bonchev–Trinajstić information content (AvgIpc) is 2.91. The fourth-order valence-electron chi connectivity index (χ4n) is 2.84. The quantitative estimate of drug-likeness (QED) is 0.447. The van der Waals surface area contributed by atoms with E-state index in [0.717, 1.165) is 22.1 Å². The molecule has 0 aliphatic rings. The number of furan rings is 1. The molecule has 106 valence electrons. The van der Waals surface area contributed by atoms with Gasteiger partial charge in [-0.15, -0.1) is 0 Å². The molecular weight excluding hydrogens is 275 g/mol. The Kier molecular flexibility index (Phi) is 3.01. The van der Waals surface area contributed by atoms with E-state index >= 15 is 0 Å². The van der Waals surface area contributed by atoms with E-state index in [1.54, 1.807) is 6.07 Å². The van der Waals surface area contributed by atoms with Crippen LogP contribution in [0.3, 0.4) is 0 Å². The number of benzene rings is 3. The second kappa shape index (κ2) is 5.15. The maximum atomic E-state index is 14.4. The number of rotatable bonds is 2. The zero-order valence-corrected chi connectivity index (χ0v) is 11.8. The van der Waals surface area contributed by atoms with E-state index in [2.05, 4.69) is 0 Å². The van der Waals surface area contributed by atoms with Crippen LogP contribution in [0.4, 0.5) is 4.39 Å². The molecular formula is C20H13FO. The largest absolute Gasteiger partial charge is 0.431 e. The molecule has 0 atom stereocenters. The van der Waals surface area contributed by atoms with Crippen LogP contribution < -0.4 is 0 Å². The average molecular weight is 288 g/mol. The molecule has 0 fully saturated rings. The van der Waals surface area contributed by atoms with Gasteiger partial charge in [-0.2, -0.15) is 4.39 Å². The first-order valence-electron chi connectivity index (χ1n) is 7.16. The third-order valence-electron chi connectivity index (χ3n) is 3.83. The van der Waals surface area contributed by atoms with Gasteiger partial charge >= 0.3 is 0 Å². The third kappa shape index (κ3) is 2.01. The summed E-state index contributed by atoms with van der Waals surface area (Å²) in [6.07, 6.45) is 0. The Morgan fingerprint density at radius 3 is 2.09 bits per heavy atom. The molecule has 0 saturated carbocycles. The van der Waals surface area contributed by atoms with Crippen molar-refractivity contribution in [2.75, 3.05) is 0 Å². The molecule has 1 aromatic heterocycles. The van der Waals surface area contributed by atoms with Gasteiger partial charge in [-0.3, -0.25) is 0 Å². The summed E-state index contributed by atoms with van der Waals surface area (Å²) in [5.41, 5.74) is 3.99. The maximum Gasteiger partial charge on any atom is 0.286 e. The zero-order valence-electron chi connectivity index (χ0n) is 11.8. The van der Waals surface area contributed by atoms with E-state index in [1.165, 1.54) is 0 Å². The lowest BCUT2D eigenvalue weighted by molar-refractivity contribution is 0.383. The zero-order chi connectivity index (χ0) is 14.9. The van der Waals surface area contributed by atoms with E-state index in [-0.39, 0.29) is 0 Å². The van der Waals surface area contributed by atoms with Crippen molar-refractivity contribution in [2.24, 2.45) is 0 Å². The predicted molar refractivity (Wildman–Crippen MR) is 87.0 cm³/mol. The van der Waals surface area contributed by atoms with Crippen LogP contribution in [0, 0.1) is 6.01 Å². The van der Waals surface area contributed by atoms with Crippen molar-refractivity contribution in [1.29, 1.82) is 0 Å². The second-order valence-corrected chi connectivity index (χ2v) is 5.16. The first kappa shape index (κ1) is 12.8. The SMILES string of the molecule is Fc1oc2ccccc2c1-c1ccccc1-c1ccccc1. The molecule has 1 nitrogen and oxygen atoms in total. The van der Waals surface area contributed by atoms with Gasteiger partial charge in [-0.25, -0.2) is 0 Å². The van der Waals surface area contributed by atoms with Crippen molar-refractivity contribution < 1.29 is 8.81 Å². The standard InChI is InChI=1S/C20H13FO/c21-20-19(17-12-6-7-13-18(17)22-20)16-11-5-4-10-15(16)14-8-2-1-3-9-14/h1-13H. The fraction of sp³-hybridized carbons (Fsp3) is 0. The highest BCUT2D eigenvalue weighted by molar-refractivity contribution is 5.98. The van der Waals surface area contributed by atoms with Crippen LogP contribution >= 0.6 is 0 Å². The summed E-state index contributed by atoms with van der Waals surface area (Å²) in [5, 5.41) is 0.795. The molecule has 0 amide bonds. The van der Waals surface area contributed by atoms with Crippen LogP contribution in [-0.2, 0) is 0 Å². The Morgan fingerprint density at radius 1 is 0.636 bits per heavy atom. The lowest BCUT2D eigenvalue weighted by Gasteiger charge is -2.08. The molecule has 4 aromatic rings. The molecule has 0 spiro atoms. The van der Waals surface area contributed by atoms with E-state index in [0.29, 0.717) is 11.1 Å². The van der Waals surface area contributed by atoms with Gasteiger partial charge in [-0.05, 0) is 22.8 Å². The molecule has 0 aliphatic carbocycles. The van der Waals surface area contributed by atoms with Crippen LogP contribution in [0.1, 0.15) is 0 Å². The van der Waals surface area contributed by atoms with Gasteiger partial charge in [0.1, 0.15) is 5.58 Å². The molecule has 2 heteroatoms. The molecule has 4 rings (SSSR count). The van der Waals surface area contributed by atoms with Gasteiger partial charge in [0.25, 0.3) is 6.01 Å². The van der Waals surface area contributed by atoms with Crippen LogP contribution in [0.15, 0.2) is 83.3 Å². The van der Waals surface area contributed by atoms with Gasteiger partial charge in [-0.1, -0.05) is 72.8 Å².